The highest BCUT2D eigenvalue weighted by molar-refractivity contribution is 5.93. The quantitative estimate of drug-likeness (QED) is 0.520. The maximum absolute atomic E-state index is 6.09. The molecule has 0 saturated carbocycles. The van der Waals surface area contributed by atoms with Crippen molar-refractivity contribution < 1.29 is 18.9 Å². The second-order valence-corrected chi connectivity index (χ2v) is 8.25. The molecule has 1 N–H and O–H groups in total. The van der Waals surface area contributed by atoms with Crippen molar-refractivity contribution in [1.29, 1.82) is 0 Å². The number of nitrogens with zero attached hydrogens (tertiary/aromatic N) is 4. The number of methoxy groups -OCH3 is 1. The van der Waals surface area contributed by atoms with Crippen molar-refractivity contribution in [2.45, 2.75) is 6.42 Å². The summed E-state index contributed by atoms with van der Waals surface area (Å²) in [5.74, 6) is 3.38. The molecule has 0 atom stereocenters. The van der Waals surface area contributed by atoms with Crippen LogP contribution in [-0.2, 0) is 0 Å². The number of anilines is 2. The summed E-state index contributed by atoms with van der Waals surface area (Å²) in [5, 5.41) is 4.18. The predicted molar refractivity (Wildman–Crippen MR) is 126 cm³/mol. The molecule has 2 aromatic carbocycles. The third-order valence-corrected chi connectivity index (χ3v) is 6.04. The molecule has 174 valence electrons. The van der Waals surface area contributed by atoms with E-state index in [1.807, 2.05) is 30.3 Å². The molecule has 0 radical (unpaired) electrons. The number of benzene rings is 2. The molecular formula is C24H29N5O4. The highest BCUT2D eigenvalue weighted by Gasteiger charge is 2.19. The van der Waals surface area contributed by atoms with E-state index in [1.54, 1.807) is 7.11 Å². The highest BCUT2D eigenvalue weighted by atomic mass is 16.7. The maximum Gasteiger partial charge on any atom is 0.231 e. The Bertz CT molecular complexity index is 1120. The maximum atomic E-state index is 6.09. The molecule has 0 amide bonds. The number of fused-ring (bicyclic) bond motifs is 2. The van der Waals surface area contributed by atoms with Gasteiger partial charge in [-0.25, -0.2) is 9.97 Å². The molecule has 3 aromatic rings. The number of likely N-dealkylation sites (N-methyl/N-ethyl adjacent to an activating group) is 1. The molecule has 33 heavy (non-hydrogen) atoms. The van der Waals surface area contributed by atoms with Crippen LogP contribution in [0.25, 0.3) is 10.9 Å². The molecule has 0 unspecified atom stereocenters. The van der Waals surface area contributed by atoms with Crippen LogP contribution in [0.4, 0.5) is 11.5 Å². The third-order valence-electron chi connectivity index (χ3n) is 6.04. The minimum absolute atomic E-state index is 0.210. The van der Waals surface area contributed by atoms with Gasteiger partial charge in [0.25, 0.3) is 0 Å². The summed E-state index contributed by atoms with van der Waals surface area (Å²) in [4.78, 5) is 13.7. The summed E-state index contributed by atoms with van der Waals surface area (Å²) in [7, 11) is 3.82. The molecule has 9 nitrogen and oxygen atoms in total. The van der Waals surface area contributed by atoms with E-state index in [-0.39, 0.29) is 6.79 Å². The number of ether oxygens (including phenoxy) is 4. The minimum atomic E-state index is 0.210. The van der Waals surface area contributed by atoms with Crippen LogP contribution in [0.1, 0.15) is 6.42 Å². The minimum Gasteiger partial charge on any atom is -0.493 e. The van der Waals surface area contributed by atoms with Crippen molar-refractivity contribution in [1.82, 2.24) is 19.8 Å². The van der Waals surface area contributed by atoms with E-state index in [9.17, 15) is 0 Å². The summed E-state index contributed by atoms with van der Waals surface area (Å²) < 4.78 is 22.8. The molecule has 0 bridgehead atoms. The van der Waals surface area contributed by atoms with Crippen LogP contribution in [0.3, 0.4) is 0 Å². The molecular weight excluding hydrogens is 422 g/mol. The predicted octanol–water partition coefficient (Wildman–Crippen LogP) is 3.13. The number of hydrogen-bond donors (Lipinski definition) is 1. The number of piperazine rings is 1. The van der Waals surface area contributed by atoms with Gasteiger partial charge in [0, 0.05) is 44.2 Å². The topological polar surface area (TPSA) is 81.2 Å². The van der Waals surface area contributed by atoms with E-state index in [4.69, 9.17) is 18.9 Å². The monoisotopic (exact) mass is 451 g/mol. The Morgan fingerprint density at radius 1 is 1.06 bits per heavy atom. The second kappa shape index (κ2) is 9.68. The Morgan fingerprint density at radius 2 is 1.94 bits per heavy atom. The standard InChI is InChI=1S/C24H29N5O4/c1-28-8-10-29(11-9-28)7-4-12-31-22-14-19-17(13-21(22)30-2)24(26-15-25-19)27-18-5-3-6-20-23(18)33-16-32-20/h3,5-6,13-15H,4,7-12,16H2,1-2H3,(H,25,26,27). The lowest BCUT2D eigenvalue weighted by Gasteiger charge is -2.32. The number of aromatic nitrogens is 2. The van der Waals surface area contributed by atoms with Gasteiger partial charge in [0.2, 0.25) is 6.79 Å². The Hall–Kier alpha value is -3.30. The van der Waals surface area contributed by atoms with Gasteiger partial charge in [-0.2, -0.15) is 0 Å². The van der Waals surface area contributed by atoms with Crippen LogP contribution in [0.5, 0.6) is 23.0 Å². The Morgan fingerprint density at radius 3 is 2.79 bits per heavy atom. The van der Waals surface area contributed by atoms with Crippen LogP contribution in [0.2, 0.25) is 0 Å². The number of nitrogens with one attached hydrogen (secondary N) is 1. The van der Waals surface area contributed by atoms with E-state index >= 15 is 0 Å². The van der Waals surface area contributed by atoms with E-state index in [0.29, 0.717) is 35.4 Å². The van der Waals surface area contributed by atoms with E-state index in [1.165, 1.54) is 6.33 Å². The fourth-order valence-electron chi connectivity index (χ4n) is 4.13. The van der Waals surface area contributed by atoms with Crippen LogP contribution >= 0.6 is 0 Å². The van der Waals surface area contributed by atoms with Gasteiger partial charge < -0.3 is 34.1 Å². The van der Waals surface area contributed by atoms with Gasteiger partial charge in [-0.15, -0.1) is 0 Å². The zero-order valence-corrected chi connectivity index (χ0v) is 19.0. The first-order valence-electron chi connectivity index (χ1n) is 11.2. The van der Waals surface area contributed by atoms with Crippen molar-refractivity contribution >= 4 is 22.4 Å². The van der Waals surface area contributed by atoms with E-state index in [0.717, 1.165) is 55.7 Å². The summed E-state index contributed by atoms with van der Waals surface area (Å²) in [5.41, 5.74) is 1.56. The molecule has 1 fully saturated rings. The van der Waals surface area contributed by atoms with Crippen LogP contribution in [0.15, 0.2) is 36.7 Å². The highest BCUT2D eigenvalue weighted by Crippen LogP contribution is 2.41. The van der Waals surface area contributed by atoms with Crippen molar-refractivity contribution in [3.8, 4) is 23.0 Å². The average Bonchev–Trinajstić information content (AvgIpc) is 3.33. The zero-order valence-electron chi connectivity index (χ0n) is 19.0. The number of para-hydroxylation sites is 1. The first-order valence-corrected chi connectivity index (χ1v) is 11.2. The normalized spacial score (nSPS) is 16.2. The lowest BCUT2D eigenvalue weighted by atomic mass is 10.2. The van der Waals surface area contributed by atoms with Gasteiger partial charge in [-0.3, -0.25) is 0 Å². The molecule has 3 heterocycles. The fraction of sp³-hybridized carbons (Fsp3) is 0.417. The molecule has 1 saturated heterocycles. The Kier molecular flexibility index (Phi) is 6.32. The Balaban J connectivity index is 1.30. The molecule has 9 heteroatoms. The number of hydrogen-bond acceptors (Lipinski definition) is 9. The van der Waals surface area contributed by atoms with Gasteiger partial charge in [0.1, 0.15) is 12.1 Å². The molecule has 0 spiro atoms. The van der Waals surface area contributed by atoms with Crippen molar-refractivity contribution in [3.63, 3.8) is 0 Å². The van der Waals surface area contributed by atoms with Gasteiger partial charge >= 0.3 is 0 Å². The zero-order chi connectivity index (χ0) is 22.6. The van der Waals surface area contributed by atoms with Crippen molar-refractivity contribution in [2.75, 3.05) is 65.6 Å². The first kappa shape index (κ1) is 21.5. The molecule has 5 rings (SSSR count). The molecule has 1 aromatic heterocycles. The SMILES string of the molecule is COc1cc2c(Nc3cccc4c3OCO4)ncnc2cc1OCCCN1CCN(C)CC1. The van der Waals surface area contributed by atoms with Gasteiger partial charge in [-0.1, -0.05) is 6.07 Å². The molecule has 2 aliphatic rings. The lowest BCUT2D eigenvalue weighted by molar-refractivity contribution is 0.145. The van der Waals surface area contributed by atoms with Crippen molar-refractivity contribution in [2.24, 2.45) is 0 Å². The summed E-state index contributed by atoms with van der Waals surface area (Å²) in [6.07, 6.45) is 2.50. The summed E-state index contributed by atoms with van der Waals surface area (Å²) in [6, 6.07) is 9.53. The van der Waals surface area contributed by atoms with E-state index < -0.39 is 0 Å². The average molecular weight is 452 g/mol. The Labute approximate surface area is 193 Å². The summed E-state index contributed by atoms with van der Waals surface area (Å²) in [6.45, 7) is 6.35. The van der Waals surface area contributed by atoms with Crippen LogP contribution in [0, 0.1) is 0 Å². The lowest BCUT2D eigenvalue weighted by Crippen LogP contribution is -2.44. The van der Waals surface area contributed by atoms with E-state index in [2.05, 4.69) is 32.1 Å². The third kappa shape index (κ3) is 4.74. The fourth-order valence-corrected chi connectivity index (χ4v) is 4.13. The van der Waals surface area contributed by atoms with Gasteiger partial charge in [-0.05, 0) is 31.7 Å². The van der Waals surface area contributed by atoms with Crippen LogP contribution in [-0.4, -0.2) is 80.0 Å². The second-order valence-electron chi connectivity index (χ2n) is 8.25. The molecule has 2 aliphatic heterocycles. The van der Waals surface area contributed by atoms with Crippen LogP contribution < -0.4 is 24.3 Å². The smallest absolute Gasteiger partial charge is 0.231 e. The van der Waals surface area contributed by atoms with Gasteiger partial charge in [0.15, 0.2) is 23.0 Å². The first-order chi connectivity index (χ1) is 16.2. The van der Waals surface area contributed by atoms with Crippen molar-refractivity contribution in [3.05, 3.63) is 36.7 Å². The summed E-state index contributed by atoms with van der Waals surface area (Å²) >= 11 is 0. The number of rotatable bonds is 8. The largest absolute Gasteiger partial charge is 0.493 e. The molecule has 0 aliphatic carbocycles. The van der Waals surface area contributed by atoms with Gasteiger partial charge in [0.05, 0.1) is 24.9 Å².